The van der Waals surface area contributed by atoms with Gasteiger partial charge in [0.05, 0.1) is 5.60 Å². The molecule has 0 amide bonds. The predicted molar refractivity (Wildman–Crippen MR) is 108 cm³/mol. The number of carbonyl (C=O) groups is 1. The number of aliphatic hydroxyl groups is 1. The summed E-state index contributed by atoms with van der Waals surface area (Å²) in [6.45, 7) is 8.77. The third kappa shape index (κ3) is 5.74. The molecular formula is C22H35N3O2. The van der Waals surface area contributed by atoms with Crippen LogP contribution in [0.15, 0.2) is 5.11 Å². The highest BCUT2D eigenvalue weighted by Gasteiger charge is 2.54. The number of Topliss-reactive ketones (excluding diaryl/α,β-unsaturated/α-hetero) is 1. The summed E-state index contributed by atoms with van der Waals surface area (Å²) in [5, 5.41) is 13.5. The van der Waals surface area contributed by atoms with Crippen LogP contribution in [0.1, 0.15) is 79.1 Å². The zero-order chi connectivity index (χ0) is 20.1. The van der Waals surface area contributed by atoms with Gasteiger partial charge in [-0.3, -0.25) is 4.79 Å². The van der Waals surface area contributed by atoms with Crippen LogP contribution in [-0.4, -0.2) is 23.0 Å². The molecule has 5 atom stereocenters. The number of rotatable bonds is 7. The van der Waals surface area contributed by atoms with Gasteiger partial charge in [-0.15, -0.1) is 5.92 Å². The highest BCUT2D eigenvalue weighted by Crippen LogP contribution is 2.58. The molecular weight excluding hydrogens is 338 g/mol. The number of nitrogens with zero attached hydrogens (tertiary/aromatic N) is 3. The molecule has 0 aliphatic heterocycles. The molecule has 0 radical (unpaired) electrons. The van der Waals surface area contributed by atoms with Gasteiger partial charge in [-0.25, -0.2) is 0 Å². The second kappa shape index (κ2) is 9.13. The minimum Gasteiger partial charge on any atom is -0.390 e. The topological polar surface area (TPSA) is 86.1 Å². The van der Waals surface area contributed by atoms with Crippen molar-refractivity contribution in [3.63, 3.8) is 0 Å². The SMILES string of the molecule is C[C@H](CCCC(C)(C)O)[C@H]1CC[C@H]2C(=O)C[C@H](C#CCCN=[N+]=[N-])C[C@]12C. The molecule has 0 saturated heterocycles. The van der Waals surface area contributed by atoms with Crippen LogP contribution < -0.4 is 0 Å². The molecule has 2 fully saturated rings. The summed E-state index contributed by atoms with van der Waals surface area (Å²) in [5.74, 6) is 8.23. The number of fused-ring (bicyclic) bond motifs is 1. The molecule has 1 N–H and O–H groups in total. The minimum atomic E-state index is -0.598. The molecule has 0 aromatic heterocycles. The lowest BCUT2D eigenvalue weighted by molar-refractivity contribution is -0.131. The molecule has 27 heavy (non-hydrogen) atoms. The van der Waals surface area contributed by atoms with Crippen LogP contribution in [-0.2, 0) is 4.79 Å². The maximum Gasteiger partial charge on any atom is 0.137 e. The zero-order valence-corrected chi connectivity index (χ0v) is 17.4. The fraction of sp³-hybridized carbons (Fsp3) is 0.864. The summed E-state index contributed by atoms with van der Waals surface area (Å²) >= 11 is 0. The molecule has 2 aliphatic carbocycles. The van der Waals surface area contributed by atoms with E-state index < -0.39 is 5.60 Å². The lowest BCUT2D eigenvalue weighted by Crippen LogP contribution is -2.42. The van der Waals surface area contributed by atoms with Gasteiger partial charge in [0, 0.05) is 36.1 Å². The van der Waals surface area contributed by atoms with Gasteiger partial charge >= 0.3 is 0 Å². The number of azide groups is 1. The number of hydrogen-bond acceptors (Lipinski definition) is 3. The molecule has 150 valence electrons. The van der Waals surface area contributed by atoms with Crippen molar-refractivity contribution in [2.75, 3.05) is 6.54 Å². The summed E-state index contributed by atoms with van der Waals surface area (Å²) in [4.78, 5) is 15.5. The largest absolute Gasteiger partial charge is 0.390 e. The van der Waals surface area contributed by atoms with Crippen molar-refractivity contribution in [1.82, 2.24) is 0 Å². The van der Waals surface area contributed by atoms with Gasteiger partial charge < -0.3 is 5.11 Å². The molecule has 2 saturated carbocycles. The summed E-state index contributed by atoms with van der Waals surface area (Å²) in [5.41, 5.74) is 7.78. The third-order valence-corrected chi connectivity index (χ3v) is 6.77. The summed E-state index contributed by atoms with van der Waals surface area (Å²) in [7, 11) is 0. The van der Waals surface area contributed by atoms with E-state index in [0.717, 1.165) is 38.5 Å². The van der Waals surface area contributed by atoms with E-state index >= 15 is 0 Å². The Morgan fingerprint density at radius 3 is 2.85 bits per heavy atom. The van der Waals surface area contributed by atoms with Gasteiger partial charge in [-0.1, -0.05) is 37.7 Å². The Morgan fingerprint density at radius 2 is 2.19 bits per heavy atom. The fourth-order valence-corrected chi connectivity index (χ4v) is 5.54. The quantitative estimate of drug-likeness (QED) is 0.216. The average molecular weight is 374 g/mol. The summed E-state index contributed by atoms with van der Waals surface area (Å²) < 4.78 is 0. The monoisotopic (exact) mass is 373 g/mol. The van der Waals surface area contributed by atoms with Crippen LogP contribution in [0.25, 0.3) is 10.4 Å². The van der Waals surface area contributed by atoms with Crippen LogP contribution >= 0.6 is 0 Å². The van der Waals surface area contributed by atoms with Crippen molar-refractivity contribution in [2.24, 2.45) is 34.2 Å². The van der Waals surface area contributed by atoms with Crippen molar-refractivity contribution in [1.29, 1.82) is 0 Å². The zero-order valence-electron chi connectivity index (χ0n) is 17.4. The second-order valence-electron chi connectivity index (χ2n) is 9.52. The molecule has 5 heteroatoms. The summed E-state index contributed by atoms with van der Waals surface area (Å²) in [6.07, 6.45) is 7.24. The first kappa shape index (κ1) is 21.8. The second-order valence-corrected chi connectivity index (χ2v) is 9.52. The van der Waals surface area contributed by atoms with E-state index in [1.807, 2.05) is 13.8 Å². The third-order valence-electron chi connectivity index (χ3n) is 6.77. The van der Waals surface area contributed by atoms with Crippen LogP contribution in [0.3, 0.4) is 0 Å². The normalized spacial score (nSPS) is 31.4. The Balaban J connectivity index is 2.01. The van der Waals surface area contributed by atoms with Gasteiger partial charge in [0.2, 0.25) is 0 Å². The van der Waals surface area contributed by atoms with Gasteiger partial charge in [0.1, 0.15) is 5.78 Å². The molecule has 0 bridgehead atoms. The van der Waals surface area contributed by atoms with Crippen molar-refractivity contribution in [2.45, 2.75) is 84.7 Å². The van der Waals surface area contributed by atoms with E-state index in [1.54, 1.807) is 0 Å². The highest BCUT2D eigenvalue weighted by atomic mass is 16.3. The maximum atomic E-state index is 12.8. The van der Waals surface area contributed by atoms with Crippen molar-refractivity contribution < 1.29 is 9.90 Å². The van der Waals surface area contributed by atoms with Gasteiger partial charge in [-0.05, 0) is 62.3 Å². The number of hydrogen-bond donors (Lipinski definition) is 1. The Kier molecular flexibility index (Phi) is 7.37. The highest BCUT2D eigenvalue weighted by molar-refractivity contribution is 5.83. The van der Waals surface area contributed by atoms with Crippen LogP contribution in [0, 0.1) is 40.9 Å². The summed E-state index contributed by atoms with van der Waals surface area (Å²) in [6, 6.07) is 0. The molecule has 0 aromatic carbocycles. The first-order valence-corrected chi connectivity index (χ1v) is 10.4. The van der Waals surface area contributed by atoms with Crippen molar-refractivity contribution >= 4 is 5.78 Å². The number of ketones is 1. The fourth-order valence-electron chi connectivity index (χ4n) is 5.54. The lowest BCUT2D eigenvalue weighted by Gasteiger charge is -2.44. The Labute approximate surface area is 163 Å². The first-order valence-electron chi connectivity index (χ1n) is 10.4. The molecule has 2 rings (SSSR count). The van der Waals surface area contributed by atoms with Crippen LogP contribution in [0.5, 0.6) is 0 Å². The van der Waals surface area contributed by atoms with E-state index in [-0.39, 0.29) is 17.3 Å². The predicted octanol–water partition coefficient (Wildman–Crippen LogP) is 5.28. The van der Waals surface area contributed by atoms with Gasteiger partial charge in [0.15, 0.2) is 0 Å². The van der Waals surface area contributed by atoms with E-state index in [9.17, 15) is 9.90 Å². The molecule has 5 nitrogen and oxygen atoms in total. The van der Waals surface area contributed by atoms with E-state index in [2.05, 4.69) is 35.7 Å². The van der Waals surface area contributed by atoms with Crippen molar-refractivity contribution in [3.05, 3.63) is 10.4 Å². The Hall–Kier alpha value is -1.50. The van der Waals surface area contributed by atoms with E-state index in [1.165, 1.54) is 0 Å². The minimum absolute atomic E-state index is 0.0492. The lowest BCUT2D eigenvalue weighted by atomic mass is 9.59. The average Bonchev–Trinajstić information content (AvgIpc) is 2.91. The maximum absolute atomic E-state index is 12.8. The molecule has 2 aliphatic rings. The van der Waals surface area contributed by atoms with E-state index in [0.29, 0.717) is 37.0 Å². The molecule has 0 spiro atoms. The van der Waals surface area contributed by atoms with Crippen molar-refractivity contribution in [3.8, 4) is 11.8 Å². The first-order chi connectivity index (χ1) is 12.7. The number of carbonyl (C=O) groups excluding carboxylic acids is 1. The van der Waals surface area contributed by atoms with Crippen LogP contribution in [0.4, 0.5) is 0 Å². The molecule has 0 unspecified atom stereocenters. The Morgan fingerprint density at radius 1 is 1.44 bits per heavy atom. The molecule has 0 aromatic rings. The molecule has 0 heterocycles. The van der Waals surface area contributed by atoms with Crippen LogP contribution in [0.2, 0.25) is 0 Å². The standard InChI is InChI=1S/C22H35N3O2/c1-16(8-7-12-21(2,3)27)18-10-11-19-20(26)14-17(15-22(18,19)4)9-5-6-13-24-25-23/h16-19,27H,6-8,10-15H2,1-4H3/t16-,17+,18-,19+,22-/m1/s1. The smallest absolute Gasteiger partial charge is 0.137 e. The van der Waals surface area contributed by atoms with E-state index in [4.69, 9.17) is 5.53 Å². The van der Waals surface area contributed by atoms with Gasteiger partial charge in [-0.2, -0.15) is 0 Å². The van der Waals surface area contributed by atoms with Gasteiger partial charge in [0.25, 0.3) is 0 Å². The Bertz CT molecular complexity index is 636.